The molecule has 0 atom stereocenters. The zero-order chi connectivity index (χ0) is 28.4. The highest BCUT2D eigenvalue weighted by Gasteiger charge is 2.08. The van der Waals surface area contributed by atoms with Gasteiger partial charge in [0.15, 0.2) is 0 Å². The molecule has 0 bridgehead atoms. The molecule has 1 aromatic heterocycles. The van der Waals surface area contributed by atoms with Crippen molar-refractivity contribution >= 4 is 23.8 Å². The van der Waals surface area contributed by atoms with Crippen molar-refractivity contribution in [2.45, 2.75) is 32.9 Å². The Bertz CT molecular complexity index is 1150. The van der Waals surface area contributed by atoms with Crippen LogP contribution in [-0.4, -0.2) is 66.9 Å². The van der Waals surface area contributed by atoms with Crippen molar-refractivity contribution < 1.29 is 18.7 Å². The van der Waals surface area contributed by atoms with Crippen LogP contribution in [0.2, 0.25) is 0 Å². The van der Waals surface area contributed by atoms with Crippen LogP contribution in [0.1, 0.15) is 41.3 Å². The van der Waals surface area contributed by atoms with Crippen LogP contribution in [0.5, 0.6) is 0 Å². The van der Waals surface area contributed by atoms with Gasteiger partial charge in [-0.2, -0.15) is 15.0 Å². The summed E-state index contributed by atoms with van der Waals surface area (Å²) in [5.41, 5.74) is 7.78. The highest BCUT2D eigenvalue weighted by molar-refractivity contribution is 5.94. The fraction of sp³-hybridized carbons (Fsp3) is 0.429. The van der Waals surface area contributed by atoms with Crippen molar-refractivity contribution in [2.24, 2.45) is 5.73 Å². The average Bonchev–Trinajstić information content (AvgIpc) is 2.97. The number of nitrogens with zero attached hydrogens (tertiary/aromatic N) is 3. The minimum atomic E-state index is -0.280. The van der Waals surface area contributed by atoms with Crippen LogP contribution in [-0.2, 0) is 22.6 Å². The molecule has 0 unspecified atom stereocenters. The lowest BCUT2D eigenvalue weighted by atomic mass is 10.1. The van der Waals surface area contributed by atoms with Gasteiger partial charge in [0.05, 0.1) is 26.4 Å². The number of halogens is 1. The molecule has 0 aliphatic rings. The predicted molar refractivity (Wildman–Crippen MR) is 154 cm³/mol. The Balaban J connectivity index is 1.50. The fourth-order valence-corrected chi connectivity index (χ4v) is 3.47. The molecule has 3 aromatic rings. The molecule has 0 aliphatic carbocycles. The SMILES string of the molecule is CCCCNc1nc(NCc2ccc(F)cc2)nc(NCc2ccc(C(=O)NCCOCCOCCN)cc2)n1. The maximum absolute atomic E-state index is 13.2. The van der Waals surface area contributed by atoms with Gasteiger partial charge in [-0.1, -0.05) is 37.6 Å². The first-order valence-electron chi connectivity index (χ1n) is 13.5. The van der Waals surface area contributed by atoms with E-state index in [2.05, 4.69) is 43.1 Å². The lowest BCUT2D eigenvalue weighted by Gasteiger charge is -2.12. The Morgan fingerprint density at radius 2 is 1.32 bits per heavy atom. The number of hydrogen-bond acceptors (Lipinski definition) is 10. The normalized spacial score (nSPS) is 10.8. The van der Waals surface area contributed by atoms with Gasteiger partial charge < -0.3 is 36.5 Å². The van der Waals surface area contributed by atoms with Gasteiger partial charge >= 0.3 is 0 Å². The second-order valence-electron chi connectivity index (χ2n) is 8.89. The maximum Gasteiger partial charge on any atom is 0.251 e. The van der Waals surface area contributed by atoms with Crippen molar-refractivity contribution in [3.05, 3.63) is 71.0 Å². The summed E-state index contributed by atoms with van der Waals surface area (Å²) in [6.45, 7) is 6.51. The molecule has 40 heavy (non-hydrogen) atoms. The minimum absolute atomic E-state index is 0.167. The van der Waals surface area contributed by atoms with E-state index in [1.807, 2.05) is 12.1 Å². The molecule has 3 rings (SSSR count). The van der Waals surface area contributed by atoms with Crippen molar-refractivity contribution in [3.63, 3.8) is 0 Å². The largest absolute Gasteiger partial charge is 0.378 e. The van der Waals surface area contributed by atoms with Gasteiger partial charge in [-0.3, -0.25) is 4.79 Å². The van der Waals surface area contributed by atoms with Crippen molar-refractivity contribution in [1.29, 1.82) is 0 Å². The van der Waals surface area contributed by atoms with Gasteiger partial charge in [-0.15, -0.1) is 0 Å². The van der Waals surface area contributed by atoms with Gasteiger partial charge in [0.2, 0.25) is 17.8 Å². The number of rotatable bonds is 19. The van der Waals surface area contributed by atoms with E-state index in [1.165, 1.54) is 12.1 Å². The number of aromatic nitrogens is 3. The number of nitrogens with one attached hydrogen (secondary N) is 4. The zero-order valence-electron chi connectivity index (χ0n) is 22.9. The van der Waals surface area contributed by atoms with E-state index in [4.69, 9.17) is 15.2 Å². The highest BCUT2D eigenvalue weighted by atomic mass is 19.1. The first kappa shape index (κ1) is 30.7. The van der Waals surface area contributed by atoms with Crippen molar-refractivity contribution in [2.75, 3.05) is 62.0 Å². The summed E-state index contributed by atoms with van der Waals surface area (Å²) in [6, 6.07) is 13.6. The van der Waals surface area contributed by atoms with E-state index in [-0.39, 0.29) is 11.7 Å². The molecule has 12 heteroatoms. The number of amides is 1. The molecule has 216 valence electrons. The van der Waals surface area contributed by atoms with E-state index in [9.17, 15) is 9.18 Å². The van der Waals surface area contributed by atoms with Crippen LogP contribution in [0.4, 0.5) is 22.2 Å². The molecule has 1 amide bonds. The number of carbonyl (C=O) groups is 1. The second-order valence-corrected chi connectivity index (χ2v) is 8.89. The zero-order valence-corrected chi connectivity index (χ0v) is 22.9. The summed E-state index contributed by atoms with van der Waals surface area (Å²) >= 11 is 0. The van der Waals surface area contributed by atoms with Crippen LogP contribution in [0.15, 0.2) is 48.5 Å². The molecule has 1 heterocycles. The summed E-state index contributed by atoms with van der Waals surface area (Å²) in [4.78, 5) is 25.8. The number of anilines is 3. The summed E-state index contributed by atoms with van der Waals surface area (Å²) < 4.78 is 23.9. The van der Waals surface area contributed by atoms with Gasteiger partial charge in [0.1, 0.15) is 5.82 Å². The summed E-state index contributed by atoms with van der Waals surface area (Å²) in [5.74, 6) is 0.828. The van der Waals surface area contributed by atoms with Crippen LogP contribution >= 0.6 is 0 Å². The number of benzene rings is 2. The topological polar surface area (TPSA) is 148 Å². The van der Waals surface area contributed by atoms with Gasteiger partial charge in [-0.25, -0.2) is 4.39 Å². The van der Waals surface area contributed by atoms with Crippen molar-refractivity contribution in [1.82, 2.24) is 20.3 Å². The quantitative estimate of drug-likeness (QED) is 0.140. The third-order valence-electron chi connectivity index (χ3n) is 5.65. The number of ether oxygens (including phenoxy) is 2. The molecule has 0 aliphatic heterocycles. The van der Waals surface area contributed by atoms with E-state index in [0.717, 1.165) is 30.5 Å². The minimum Gasteiger partial charge on any atom is -0.378 e. The van der Waals surface area contributed by atoms with E-state index in [0.29, 0.717) is 76.0 Å². The molecule has 0 radical (unpaired) electrons. The number of hydrogen-bond donors (Lipinski definition) is 5. The third kappa shape index (κ3) is 11.5. The number of carbonyl (C=O) groups excluding carboxylic acids is 1. The lowest BCUT2D eigenvalue weighted by molar-refractivity contribution is 0.0511. The standard InChI is InChI=1S/C28H39FN8O3/c1-2-3-13-32-26-35-27(37-28(36-26)34-20-22-6-10-24(29)11-7-22)33-19-21-4-8-23(9-5-21)25(38)31-14-16-40-18-17-39-15-12-30/h4-11H,2-3,12-20,30H2,1H3,(H,31,38)(H3,32,33,34,35,36,37). The lowest BCUT2D eigenvalue weighted by Crippen LogP contribution is -2.27. The Hall–Kier alpha value is -3.87. The summed E-state index contributed by atoms with van der Waals surface area (Å²) in [7, 11) is 0. The Kier molecular flexibility index (Phi) is 13.5. The molecule has 11 nitrogen and oxygen atoms in total. The molecule has 0 spiro atoms. The van der Waals surface area contributed by atoms with Crippen LogP contribution in [0.3, 0.4) is 0 Å². The molecule has 2 aromatic carbocycles. The first-order valence-corrected chi connectivity index (χ1v) is 13.5. The van der Waals surface area contributed by atoms with Crippen LogP contribution < -0.4 is 27.0 Å². The Labute approximate surface area is 234 Å². The van der Waals surface area contributed by atoms with Crippen LogP contribution in [0, 0.1) is 5.82 Å². The Morgan fingerprint density at radius 1 is 0.775 bits per heavy atom. The van der Waals surface area contributed by atoms with Gasteiger partial charge in [0.25, 0.3) is 5.91 Å². The monoisotopic (exact) mass is 554 g/mol. The smallest absolute Gasteiger partial charge is 0.251 e. The van der Waals surface area contributed by atoms with Crippen LogP contribution in [0.25, 0.3) is 0 Å². The predicted octanol–water partition coefficient (Wildman–Crippen LogP) is 3.17. The Morgan fingerprint density at radius 3 is 1.90 bits per heavy atom. The maximum atomic E-state index is 13.2. The summed E-state index contributed by atoms with van der Waals surface area (Å²) in [6.07, 6.45) is 2.04. The third-order valence-corrected chi connectivity index (χ3v) is 5.65. The molecular weight excluding hydrogens is 515 g/mol. The van der Waals surface area contributed by atoms with Gasteiger partial charge in [0, 0.05) is 38.3 Å². The van der Waals surface area contributed by atoms with E-state index >= 15 is 0 Å². The number of nitrogens with two attached hydrogens (primary N) is 1. The van der Waals surface area contributed by atoms with Gasteiger partial charge in [-0.05, 0) is 41.8 Å². The molecule has 6 N–H and O–H groups in total. The highest BCUT2D eigenvalue weighted by Crippen LogP contribution is 2.13. The second kappa shape index (κ2) is 17.7. The number of unbranched alkanes of at least 4 members (excludes halogenated alkanes) is 1. The van der Waals surface area contributed by atoms with Crippen molar-refractivity contribution in [3.8, 4) is 0 Å². The molecule has 0 saturated heterocycles. The van der Waals surface area contributed by atoms with E-state index in [1.54, 1.807) is 24.3 Å². The molecule has 0 saturated carbocycles. The summed E-state index contributed by atoms with van der Waals surface area (Å²) in [5, 5.41) is 12.5. The molecular formula is C28H39FN8O3. The first-order chi connectivity index (χ1) is 19.6. The molecule has 0 fully saturated rings. The average molecular weight is 555 g/mol. The fourth-order valence-electron chi connectivity index (χ4n) is 3.47. The van der Waals surface area contributed by atoms with E-state index < -0.39 is 0 Å².